The Morgan fingerprint density at radius 3 is 2.47 bits per heavy atom. The number of nitrogens with zero attached hydrogens (tertiary/aromatic N) is 2. The lowest BCUT2D eigenvalue weighted by molar-refractivity contribution is 0.0520. The van der Waals surface area contributed by atoms with E-state index in [1.165, 1.54) is 14.2 Å². The smallest absolute Gasteiger partial charge is 0.359 e. The molecule has 0 saturated carbocycles. The number of esters is 1. The fraction of sp³-hybridized carbons (Fsp3) is 0.167. The maximum absolute atomic E-state index is 13.5. The number of rotatable bonds is 7. The van der Waals surface area contributed by atoms with Crippen molar-refractivity contribution in [2.45, 2.75) is 6.92 Å². The number of methoxy groups -OCH3 is 2. The number of carbonyl (C=O) groups is 2. The highest BCUT2D eigenvalue weighted by Crippen LogP contribution is 2.31. The summed E-state index contributed by atoms with van der Waals surface area (Å²) in [7, 11) is 3.02. The highest BCUT2D eigenvalue weighted by atomic mass is 32.1. The van der Waals surface area contributed by atoms with Crippen molar-refractivity contribution in [2.75, 3.05) is 26.1 Å². The Balaban J connectivity index is 1.87. The van der Waals surface area contributed by atoms with Gasteiger partial charge in [-0.2, -0.15) is 9.78 Å². The van der Waals surface area contributed by atoms with Crippen LogP contribution in [0, 0.1) is 0 Å². The largest absolute Gasteiger partial charge is 0.497 e. The Kier molecular flexibility index (Phi) is 6.60. The van der Waals surface area contributed by atoms with Gasteiger partial charge in [-0.05, 0) is 37.3 Å². The molecule has 0 atom stereocenters. The molecule has 0 aliphatic carbocycles. The second kappa shape index (κ2) is 9.75. The Morgan fingerprint density at radius 1 is 1.06 bits per heavy atom. The summed E-state index contributed by atoms with van der Waals surface area (Å²) < 4.78 is 16.7. The molecule has 0 aliphatic heterocycles. The van der Waals surface area contributed by atoms with Gasteiger partial charge in [-0.1, -0.05) is 12.1 Å². The van der Waals surface area contributed by atoms with Gasteiger partial charge in [-0.15, -0.1) is 11.3 Å². The third-order valence-corrected chi connectivity index (χ3v) is 5.87. The first kappa shape index (κ1) is 23.0. The molecule has 0 radical (unpaired) electrons. The topological polar surface area (TPSA) is 109 Å². The molecule has 10 heteroatoms. The van der Waals surface area contributed by atoms with Gasteiger partial charge in [0.1, 0.15) is 16.5 Å². The van der Waals surface area contributed by atoms with E-state index in [1.54, 1.807) is 60.8 Å². The minimum atomic E-state index is -0.674. The van der Waals surface area contributed by atoms with E-state index in [-0.39, 0.29) is 22.7 Å². The van der Waals surface area contributed by atoms with Gasteiger partial charge in [-0.25, -0.2) is 4.79 Å². The van der Waals surface area contributed by atoms with Crippen LogP contribution in [0.15, 0.2) is 58.7 Å². The van der Waals surface area contributed by atoms with Crippen LogP contribution in [0.4, 0.5) is 5.00 Å². The quantitative estimate of drug-likeness (QED) is 0.401. The van der Waals surface area contributed by atoms with E-state index in [1.807, 2.05) is 0 Å². The van der Waals surface area contributed by atoms with E-state index < -0.39 is 17.4 Å². The van der Waals surface area contributed by atoms with Gasteiger partial charge in [0.05, 0.1) is 31.9 Å². The number of ether oxygens (including phenoxy) is 3. The summed E-state index contributed by atoms with van der Waals surface area (Å²) >= 11 is 1.12. The number of hydrogen-bond donors (Lipinski definition) is 1. The summed E-state index contributed by atoms with van der Waals surface area (Å²) in [5.41, 5.74) is 0.220. The Morgan fingerprint density at radius 2 is 1.76 bits per heavy atom. The van der Waals surface area contributed by atoms with Crippen LogP contribution >= 0.6 is 11.3 Å². The first-order valence-corrected chi connectivity index (χ1v) is 11.2. The number of anilines is 1. The molecule has 2 aromatic heterocycles. The molecule has 0 bridgehead atoms. The third-order valence-electron chi connectivity index (χ3n) is 4.98. The molecule has 9 nitrogen and oxygen atoms in total. The average Bonchev–Trinajstić information content (AvgIpc) is 3.28. The van der Waals surface area contributed by atoms with Gasteiger partial charge in [0.25, 0.3) is 11.5 Å². The fourth-order valence-corrected chi connectivity index (χ4v) is 4.28. The van der Waals surface area contributed by atoms with Crippen molar-refractivity contribution >= 4 is 39.0 Å². The predicted octanol–water partition coefficient (Wildman–Crippen LogP) is 3.89. The molecule has 2 heterocycles. The molecule has 4 rings (SSSR count). The maximum atomic E-state index is 13.5. The zero-order valence-corrected chi connectivity index (χ0v) is 19.5. The van der Waals surface area contributed by atoms with Gasteiger partial charge >= 0.3 is 5.97 Å². The summed E-state index contributed by atoms with van der Waals surface area (Å²) in [5, 5.41) is 9.42. The van der Waals surface area contributed by atoms with E-state index in [2.05, 4.69) is 10.4 Å². The molecule has 0 fully saturated rings. The van der Waals surface area contributed by atoms with Gasteiger partial charge in [0.2, 0.25) is 0 Å². The van der Waals surface area contributed by atoms with E-state index in [9.17, 15) is 14.4 Å². The molecule has 1 N–H and O–H groups in total. The van der Waals surface area contributed by atoms with Crippen molar-refractivity contribution in [3.8, 4) is 17.2 Å². The van der Waals surface area contributed by atoms with Gasteiger partial charge in [0.15, 0.2) is 5.69 Å². The second-order valence-corrected chi connectivity index (χ2v) is 7.91. The van der Waals surface area contributed by atoms with Crippen molar-refractivity contribution in [2.24, 2.45) is 0 Å². The molecule has 34 heavy (non-hydrogen) atoms. The first-order valence-electron chi connectivity index (χ1n) is 10.3. The van der Waals surface area contributed by atoms with E-state index in [0.717, 1.165) is 16.0 Å². The van der Waals surface area contributed by atoms with Crippen LogP contribution in [0.2, 0.25) is 0 Å². The molecule has 0 saturated heterocycles. The Bertz CT molecular complexity index is 1440. The van der Waals surface area contributed by atoms with Gasteiger partial charge in [-0.3, -0.25) is 9.59 Å². The SMILES string of the molecule is CCOC(=O)c1nn(-c2cccc(OC)c2)c(=O)c2c(NC(=O)c3cccc(OC)c3)scc12. The lowest BCUT2D eigenvalue weighted by Crippen LogP contribution is -2.25. The normalized spacial score (nSPS) is 10.7. The van der Waals surface area contributed by atoms with Crippen LogP contribution in [0.25, 0.3) is 16.5 Å². The van der Waals surface area contributed by atoms with Crippen molar-refractivity contribution in [3.05, 3.63) is 75.5 Å². The van der Waals surface area contributed by atoms with Crippen LogP contribution < -0.4 is 20.3 Å². The Labute approximate surface area is 198 Å². The molecule has 0 unspecified atom stereocenters. The van der Waals surface area contributed by atoms with Crippen LogP contribution in [0.1, 0.15) is 27.8 Å². The number of nitrogens with one attached hydrogen (secondary N) is 1. The minimum absolute atomic E-state index is 0.0302. The molecule has 1 amide bonds. The van der Waals surface area contributed by atoms with E-state index in [4.69, 9.17) is 14.2 Å². The third kappa shape index (κ3) is 4.35. The van der Waals surface area contributed by atoms with Gasteiger partial charge in [0, 0.05) is 22.4 Å². The van der Waals surface area contributed by atoms with Crippen LogP contribution in [-0.4, -0.2) is 42.5 Å². The van der Waals surface area contributed by atoms with Crippen LogP contribution in [0.5, 0.6) is 11.5 Å². The summed E-state index contributed by atoms with van der Waals surface area (Å²) in [6, 6.07) is 13.4. The fourth-order valence-electron chi connectivity index (χ4n) is 3.35. The van der Waals surface area contributed by atoms with Crippen molar-refractivity contribution in [1.29, 1.82) is 0 Å². The molecule has 0 aliphatic rings. The molecule has 4 aromatic rings. The molecule has 2 aromatic carbocycles. The highest BCUT2D eigenvalue weighted by Gasteiger charge is 2.23. The summed E-state index contributed by atoms with van der Waals surface area (Å²) in [4.78, 5) is 39.1. The van der Waals surface area contributed by atoms with E-state index in [0.29, 0.717) is 28.1 Å². The number of benzene rings is 2. The standard InChI is InChI=1S/C24H21N3O6S/c1-4-33-24(30)20-18-13-34-22(25-21(28)14-7-5-9-16(11-14)31-2)19(18)23(29)27(26-20)15-8-6-10-17(12-15)32-3/h5-13H,4H2,1-3H3,(H,25,28). The summed E-state index contributed by atoms with van der Waals surface area (Å²) in [5.74, 6) is -0.0594. The number of thiophene rings is 1. The number of hydrogen-bond acceptors (Lipinski definition) is 8. The molecule has 0 spiro atoms. The van der Waals surface area contributed by atoms with Crippen LogP contribution in [-0.2, 0) is 4.74 Å². The number of fused-ring (bicyclic) bond motifs is 1. The highest BCUT2D eigenvalue weighted by molar-refractivity contribution is 7.16. The number of carbonyl (C=O) groups excluding carboxylic acids is 2. The first-order chi connectivity index (χ1) is 16.5. The molecular weight excluding hydrogens is 458 g/mol. The number of amides is 1. The van der Waals surface area contributed by atoms with Gasteiger partial charge < -0.3 is 19.5 Å². The number of aromatic nitrogens is 2. The minimum Gasteiger partial charge on any atom is -0.497 e. The average molecular weight is 480 g/mol. The molecular formula is C24H21N3O6S. The summed E-state index contributed by atoms with van der Waals surface area (Å²) in [6.45, 7) is 1.82. The second-order valence-electron chi connectivity index (χ2n) is 7.03. The van der Waals surface area contributed by atoms with Crippen molar-refractivity contribution in [1.82, 2.24) is 9.78 Å². The van der Waals surface area contributed by atoms with Crippen LogP contribution in [0.3, 0.4) is 0 Å². The Hall–Kier alpha value is -4.18. The summed E-state index contributed by atoms with van der Waals surface area (Å²) in [6.07, 6.45) is 0. The zero-order valence-electron chi connectivity index (χ0n) is 18.7. The van der Waals surface area contributed by atoms with Crippen molar-refractivity contribution in [3.63, 3.8) is 0 Å². The lowest BCUT2D eigenvalue weighted by Gasteiger charge is -2.11. The van der Waals surface area contributed by atoms with Crippen molar-refractivity contribution < 1.29 is 23.8 Å². The van der Waals surface area contributed by atoms with E-state index >= 15 is 0 Å². The molecule has 174 valence electrons. The lowest BCUT2D eigenvalue weighted by atomic mass is 10.2. The zero-order chi connectivity index (χ0) is 24.2. The maximum Gasteiger partial charge on any atom is 0.359 e. The monoisotopic (exact) mass is 479 g/mol. The predicted molar refractivity (Wildman–Crippen MR) is 129 cm³/mol.